The second-order valence-corrected chi connectivity index (χ2v) is 21.4. The molecule has 0 aromatic carbocycles. The van der Waals surface area contributed by atoms with Crippen LogP contribution < -0.4 is 0 Å². The molecule has 4 N–H and O–H groups in total. The first-order valence-corrected chi connectivity index (χ1v) is 29.1. The normalized spacial score (nSPS) is 13.9. The molecule has 0 amide bonds. The summed E-state index contributed by atoms with van der Waals surface area (Å²) in [5, 5.41) is 43.8. The second kappa shape index (κ2) is 48.3. The smallest absolute Gasteiger partial charge is 0.188 e. The fraction of sp³-hybridized carbons (Fsp3) is 0.962. The van der Waals surface area contributed by atoms with Gasteiger partial charge < -0.3 is 20.4 Å². The van der Waals surface area contributed by atoms with Crippen molar-refractivity contribution in [1.82, 2.24) is 9.80 Å². The maximum absolute atomic E-state index is 12.7. The number of unbranched alkanes of at least 4 members (excludes halogenated alkanes) is 22. The molecular weight excluding hydrogens is 825 g/mol. The van der Waals surface area contributed by atoms with Crippen molar-refractivity contribution >= 4 is 33.8 Å². The summed E-state index contributed by atoms with van der Waals surface area (Å²) in [7, 11) is 0. The Bertz CT molecular complexity index is 858. The number of aliphatic hydroxyl groups excluding tert-OH is 4. The van der Waals surface area contributed by atoms with Gasteiger partial charge in [0.2, 0.25) is 0 Å². The molecule has 0 fully saturated rings. The number of hydrogen-bond acceptors (Lipinski definition) is 10. The molecule has 0 saturated carbocycles. The summed E-state index contributed by atoms with van der Waals surface area (Å²) in [5.41, 5.74) is 0. The van der Waals surface area contributed by atoms with Gasteiger partial charge in [0.1, 0.15) is 0 Å². The lowest BCUT2D eigenvalue weighted by atomic mass is 10.1. The van der Waals surface area contributed by atoms with E-state index in [1.165, 1.54) is 152 Å². The lowest BCUT2D eigenvalue weighted by molar-refractivity contribution is -0.111. The zero-order valence-corrected chi connectivity index (χ0v) is 43.7. The third kappa shape index (κ3) is 45.4. The summed E-state index contributed by atoms with van der Waals surface area (Å²) in [5.74, 6) is 1.47. The molecule has 0 aromatic rings. The van der Waals surface area contributed by atoms with Crippen LogP contribution in [0.3, 0.4) is 0 Å². The highest BCUT2D eigenvalue weighted by Gasteiger charge is 2.18. The first-order chi connectivity index (χ1) is 30.6. The number of hydrogen-bond donors (Lipinski definition) is 4. The quantitative estimate of drug-likeness (QED) is 0.0439. The minimum absolute atomic E-state index is 0.211. The SMILES string of the molecule is CCCCCCCCC(O)CN(CCCCC(=O)SCCCSC(=O)CCCCN(CC(O)CCCCCCCC)CC(O)CCCCCCCC)CC(O)CCCCCCCC. The highest BCUT2D eigenvalue weighted by Crippen LogP contribution is 2.18. The van der Waals surface area contributed by atoms with Gasteiger partial charge in [-0.3, -0.25) is 19.4 Å². The molecule has 0 aliphatic carbocycles. The number of rotatable bonds is 50. The molecule has 0 heterocycles. The van der Waals surface area contributed by atoms with Crippen LogP contribution in [0.4, 0.5) is 0 Å². The summed E-state index contributed by atoms with van der Waals surface area (Å²) in [6, 6.07) is 0. The summed E-state index contributed by atoms with van der Waals surface area (Å²) in [6.45, 7) is 12.9. The predicted molar refractivity (Wildman–Crippen MR) is 276 cm³/mol. The summed E-state index contributed by atoms with van der Waals surface area (Å²) in [4.78, 5) is 29.8. The van der Waals surface area contributed by atoms with Crippen molar-refractivity contribution in [3.8, 4) is 0 Å². The number of carbonyl (C=O) groups is 2. The van der Waals surface area contributed by atoms with Crippen LogP contribution in [0, 0.1) is 0 Å². The molecule has 0 saturated heterocycles. The Morgan fingerprint density at radius 1 is 0.349 bits per heavy atom. The van der Waals surface area contributed by atoms with Crippen molar-refractivity contribution in [3.63, 3.8) is 0 Å². The molecule has 10 heteroatoms. The molecule has 0 aromatic heterocycles. The lowest BCUT2D eigenvalue weighted by Crippen LogP contribution is -2.38. The van der Waals surface area contributed by atoms with Crippen LogP contribution in [0.25, 0.3) is 0 Å². The predicted octanol–water partition coefficient (Wildman–Crippen LogP) is 13.3. The minimum atomic E-state index is -0.376. The van der Waals surface area contributed by atoms with Crippen LogP contribution in [0.5, 0.6) is 0 Å². The lowest BCUT2D eigenvalue weighted by Gasteiger charge is -2.27. The zero-order chi connectivity index (χ0) is 46.4. The molecule has 0 aliphatic rings. The summed E-state index contributed by atoms with van der Waals surface area (Å²) < 4.78 is 0. The van der Waals surface area contributed by atoms with E-state index in [9.17, 15) is 30.0 Å². The highest BCUT2D eigenvalue weighted by atomic mass is 32.2. The van der Waals surface area contributed by atoms with Gasteiger partial charge in [-0.25, -0.2) is 0 Å². The molecule has 0 aliphatic heterocycles. The Morgan fingerprint density at radius 2 is 0.603 bits per heavy atom. The first-order valence-electron chi connectivity index (χ1n) is 27.1. The van der Waals surface area contributed by atoms with Crippen molar-refractivity contribution in [2.24, 2.45) is 0 Å². The minimum Gasteiger partial charge on any atom is -0.392 e. The molecular formula is C53H106N2O6S2. The molecule has 0 radical (unpaired) electrons. The maximum atomic E-state index is 12.7. The third-order valence-electron chi connectivity index (χ3n) is 12.5. The number of carbonyl (C=O) groups excluding carboxylic acids is 2. The molecule has 376 valence electrons. The van der Waals surface area contributed by atoms with E-state index in [-0.39, 0.29) is 34.6 Å². The standard InChI is InChI=1S/C53H106N2O6S2/c1-5-9-13-17-21-25-34-48(56)44-54(45-49(57)35-26-22-18-14-10-6-2)40-31-29-38-52(60)62-42-33-43-63-53(61)39-30-32-41-55(46-50(58)36-27-23-19-15-11-7-3)47-51(59)37-28-24-20-16-12-8-4/h48-51,56-59H,5-47H2,1-4H3. The monoisotopic (exact) mass is 931 g/mol. The summed E-state index contributed by atoms with van der Waals surface area (Å²) >= 11 is 2.78. The Kier molecular flexibility index (Phi) is 48.1. The molecule has 4 unspecified atom stereocenters. The van der Waals surface area contributed by atoms with Crippen LogP contribution in [0.2, 0.25) is 0 Å². The van der Waals surface area contributed by atoms with E-state index in [2.05, 4.69) is 37.5 Å². The fourth-order valence-corrected chi connectivity index (χ4v) is 10.3. The molecule has 0 rings (SSSR count). The fourth-order valence-electron chi connectivity index (χ4n) is 8.50. The van der Waals surface area contributed by atoms with Gasteiger partial charge in [0.05, 0.1) is 24.4 Å². The Labute approximate surface area is 399 Å². The van der Waals surface area contributed by atoms with Gasteiger partial charge in [-0.2, -0.15) is 0 Å². The van der Waals surface area contributed by atoms with Crippen molar-refractivity contribution in [1.29, 1.82) is 0 Å². The third-order valence-corrected chi connectivity index (χ3v) is 14.5. The van der Waals surface area contributed by atoms with Crippen molar-refractivity contribution in [2.75, 3.05) is 50.8 Å². The van der Waals surface area contributed by atoms with E-state index >= 15 is 0 Å². The maximum Gasteiger partial charge on any atom is 0.188 e. The van der Waals surface area contributed by atoms with Crippen LogP contribution in [0.15, 0.2) is 0 Å². The molecule has 4 atom stereocenters. The first kappa shape index (κ1) is 62.8. The van der Waals surface area contributed by atoms with Crippen LogP contribution in [0.1, 0.15) is 252 Å². The van der Waals surface area contributed by atoms with E-state index < -0.39 is 0 Å². The van der Waals surface area contributed by atoms with Gasteiger partial charge >= 0.3 is 0 Å². The molecule has 63 heavy (non-hydrogen) atoms. The van der Waals surface area contributed by atoms with Crippen molar-refractivity contribution < 1.29 is 30.0 Å². The average Bonchev–Trinajstić information content (AvgIpc) is 3.25. The Hall–Kier alpha value is -0.200. The molecule has 0 bridgehead atoms. The van der Waals surface area contributed by atoms with Gasteiger partial charge in [-0.1, -0.05) is 205 Å². The molecule has 8 nitrogen and oxygen atoms in total. The Balaban J connectivity index is 4.52. The van der Waals surface area contributed by atoms with E-state index in [1.54, 1.807) is 0 Å². The number of aliphatic hydroxyl groups is 4. The number of thioether (sulfide) groups is 2. The largest absolute Gasteiger partial charge is 0.392 e. The van der Waals surface area contributed by atoms with Crippen molar-refractivity contribution in [3.05, 3.63) is 0 Å². The van der Waals surface area contributed by atoms with E-state index in [0.29, 0.717) is 39.0 Å². The van der Waals surface area contributed by atoms with Gasteiger partial charge in [0, 0.05) is 50.5 Å². The Morgan fingerprint density at radius 3 is 0.873 bits per heavy atom. The average molecular weight is 932 g/mol. The van der Waals surface area contributed by atoms with E-state index in [0.717, 1.165) is 108 Å². The second-order valence-electron chi connectivity index (χ2n) is 19.1. The highest BCUT2D eigenvalue weighted by molar-refractivity contribution is 8.14. The van der Waals surface area contributed by atoms with Crippen LogP contribution >= 0.6 is 23.5 Å². The topological polar surface area (TPSA) is 122 Å². The van der Waals surface area contributed by atoms with E-state index in [1.807, 2.05) is 0 Å². The van der Waals surface area contributed by atoms with Crippen LogP contribution in [-0.2, 0) is 9.59 Å². The van der Waals surface area contributed by atoms with Gasteiger partial charge in [0.15, 0.2) is 10.2 Å². The molecule has 0 spiro atoms. The van der Waals surface area contributed by atoms with Crippen molar-refractivity contribution in [2.45, 2.75) is 277 Å². The van der Waals surface area contributed by atoms with Crippen LogP contribution in [-0.4, -0.2) is 116 Å². The summed E-state index contributed by atoms with van der Waals surface area (Å²) in [6.07, 6.45) is 36.1. The number of nitrogens with zero attached hydrogens (tertiary/aromatic N) is 2. The zero-order valence-electron chi connectivity index (χ0n) is 42.0. The van der Waals surface area contributed by atoms with Gasteiger partial charge in [-0.15, -0.1) is 0 Å². The van der Waals surface area contributed by atoms with Gasteiger partial charge in [-0.05, 0) is 70.9 Å². The van der Waals surface area contributed by atoms with Gasteiger partial charge in [0.25, 0.3) is 0 Å². The van der Waals surface area contributed by atoms with E-state index in [4.69, 9.17) is 0 Å².